The molecule has 1 aromatic heterocycles. The number of halogens is 3. The van der Waals surface area contributed by atoms with E-state index in [4.69, 9.17) is 11.6 Å². The maximum Gasteiger partial charge on any atom is 0.144 e. The summed E-state index contributed by atoms with van der Waals surface area (Å²) >= 11 is 12.9. The summed E-state index contributed by atoms with van der Waals surface area (Å²) in [6.07, 6.45) is 1.72. The van der Waals surface area contributed by atoms with Crippen LogP contribution < -0.4 is 5.32 Å². The van der Waals surface area contributed by atoms with Gasteiger partial charge in [0.25, 0.3) is 0 Å². The molecule has 0 amide bonds. The van der Waals surface area contributed by atoms with Crippen LogP contribution in [0.25, 0.3) is 0 Å². The van der Waals surface area contributed by atoms with Gasteiger partial charge in [-0.3, -0.25) is 0 Å². The van der Waals surface area contributed by atoms with Gasteiger partial charge < -0.3 is 5.32 Å². The summed E-state index contributed by atoms with van der Waals surface area (Å²) in [7, 11) is 0. The first-order valence-corrected chi connectivity index (χ1v) is 6.46. The Morgan fingerprint density at radius 3 is 2.75 bits per heavy atom. The fraction of sp³-hybridized carbons (Fsp3) is 0. The standard InChI is InChI=1S/C11H7Br2ClN2/c12-7-3-4-9(14)10(6-7)16-11-8(13)2-1-5-15-11/h1-6H,(H,15,16). The van der Waals surface area contributed by atoms with Gasteiger partial charge in [-0.1, -0.05) is 27.5 Å². The molecule has 0 aliphatic rings. The third-order valence-electron chi connectivity index (χ3n) is 1.94. The second-order valence-electron chi connectivity index (χ2n) is 3.08. The van der Waals surface area contributed by atoms with Crippen molar-refractivity contribution in [1.82, 2.24) is 4.98 Å². The number of nitrogens with one attached hydrogen (secondary N) is 1. The molecule has 5 heteroatoms. The molecule has 1 N–H and O–H groups in total. The average Bonchev–Trinajstić information content (AvgIpc) is 2.27. The van der Waals surface area contributed by atoms with Gasteiger partial charge in [0.2, 0.25) is 0 Å². The van der Waals surface area contributed by atoms with Crippen molar-refractivity contribution in [2.75, 3.05) is 5.32 Å². The lowest BCUT2D eigenvalue weighted by atomic mass is 10.3. The molecule has 0 atom stereocenters. The van der Waals surface area contributed by atoms with Crippen molar-refractivity contribution >= 4 is 55.0 Å². The average molecular weight is 362 g/mol. The second kappa shape index (κ2) is 5.17. The summed E-state index contributed by atoms with van der Waals surface area (Å²) in [5, 5.41) is 3.81. The molecule has 0 aliphatic carbocycles. The predicted molar refractivity (Wildman–Crippen MR) is 74.4 cm³/mol. The van der Waals surface area contributed by atoms with Gasteiger partial charge in [0.1, 0.15) is 5.82 Å². The van der Waals surface area contributed by atoms with Gasteiger partial charge in [-0.2, -0.15) is 0 Å². The minimum absolute atomic E-state index is 0.653. The Morgan fingerprint density at radius 1 is 1.19 bits per heavy atom. The number of anilines is 2. The Bertz CT molecular complexity index is 517. The fourth-order valence-electron chi connectivity index (χ4n) is 1.20. The Labute approximate surface area is 115 Å². The normalized spacial score (nSPS) is 10.2. The second-order valence-corrected chi connectivity index (χ2v) is 5.26. The molecule has 2 aromatic rings. The summed E-state index contributed by atoms with van der Waals surface area (Å²) in [5.41, 5.74) is 0.815. The molecule has 0 spiro atoms. The van der Waals surface area contributed by atoms with Crippen LogP contribution in [0.4, 0.5) is 11.5 Å². The molecule has 1 heterocycles. The zero-order valence-corrected chi connectivity index (χ0v) is 12.0. The van der Waals surface area contributed by atoms with Gasteiger partial charge in [-0.25, -0.2) is 4.98 Å². The lowest BCUT2D eigenvalue weighted by Gasteiger charge is -2.09. The summed E-state index contributed by atoms with van der Waals surface area (Å²) in [6, 6.07) is 9.40. The van der Waals surface area contributed by atoms with Gasteiger partial charge in [0.15, 0.2) is 0 Å². The van der Waals surface area contributed by atoms with Crippen molar-refractivity contribution in [2.24, 2.45) is 0 Å². The van der Waals surface area contributed by atoms with E-state index in [1.165, 1.54) is 0 Å². The number of rotatable bonds is 2. The van der Waals surface area contributed by atoms with Crippen LogP contribution in [-0.4, -0.2) is 4.98 Å². The third kappa shape index (κ3) is 2.75. The van der Waals surface area contributed by atoms with E-state index in [-0.39, 0.29) is 0 Å². The zero-order chi connectivity index (χ0) is 11.5. The minimum atomic E-state index is 0.653. The van der Waals surface area contributed by atoms with Crippen LogP contribution in [0.15, 0.2) is 45.5 Å². The lowest BCUT2D eigenvalue weighted by molar-refractivity contribution is 1.29. The van der Waals surface area contributed by atoms with E-state index in [0.29, 0.717) is 5.02 Å². The van der Waals surface area contributed by atoms with E-state index >= 15 is 0 Å². The molecular formula is C11H7Br2ClN2. The number of aromatic nitrogens is 1. The molecule has 0 unspecified atom stereocenters. The molecule has 1 aromatic carbocycles. The first-order chi connectivity index (χ1) is 7.66. The van der Waals surface area contributed by atoms with Gasteiger partial charge in [0.05, 0.1) is 15.2 Å². The first kappa shape index (κ1) is 11.9. The highest BCUT2D eigenvalue weighted by atomic mass is 79.9. The smallest absolute Gasteiger partial charge is 0.144 e. The van der Waals surface area contributed by atoms with Crippen molar-refractivity contribution in [3.05, 3.63) is 50.5 Å². The SMILES string of the molecule is Clc1ccc(Br)cc1Nc1ncccc1Br. The van der Waals surface area contributed by atoms with Gasteiger partial charge in [0, 0.05) is 10.7 Å². The van der Waals surface area contributed by atoms with Crippen LogP contribution in [0.2, 0.25) is 5.02 Å². The molecule has 82 valence electrons. The molecule has 0 bridgehead atoms. The summed E-state index contributed by atoms with van der Waals surface area (Å²) < 4.78 is 1.86. The Hall–Kier alpha value is -0.580. The Kier molecular flexibility index (Phi) is 3.84. The number of hydrogen-bond donors (Lipinski definition) is 1. The summed E-state index contributed by atoms with van der Waals surface area (Å²) in [6.45, 7) is 0. The molecule has 16 heavy (non-hydrogen) atoms. The predicted octanol–water partition coefficient (Wildman–Crippen LogP) is 5.00. The highest BCUT2D eigenvalue weighted by Gasteiger charge is 2.04. The van der Waals surface area contributed by atoms with E-state index in [2.05, 4.69) is 42.2 Å². The van der Waals surface area contributed by atoms with Crippen molar-refractivity contribution < 1.29 is 0 Å². The zero-order valence-electron chi connectivity index (χ0n) is 8.05. The maximum absolute atomic E-state index is 6.07. The molecule has 2 rings (SSSR count). The largest absolute Gasteiger partial charge is 0.338 e. The number of benzene rings is 1. The lowest BCUT2D eigenvalue weighted by Crippen LogP contribution is -1.94. The fourth-order valence-corrected chi connectivity index (χ4v) is 2.08. The highest BCUT2D eigenvalue weighted by molar-refractivity contribution is 9.10. The molecular weight excluding hydrogens is 355 g/mol. The van der Waals surface area contributed by atoms with Crippen LogP contribution in [0.5, 0.6) is 0 Å². The molecule has 2 nitrogen and oxygen atoms in total. The van der Waals surface area contributed by atoms with E-state index in [1.807, 2.05) is 30.3 Å². The topological polar surface area (TPSA) is 24.9 Å². The van der Waals surface area contributed by atoms with Crippen LogP contribution in [0.1, 0.15) is 0 Å². The molecule has 0 saturated heterocycles. The Balaban J connectivity index is 2.34. The van der Waals surface area contributed by atoms with Crippen LogP contribution >= 0.6 is 43.5 Å². The van der Waals surface area contributed by atoms with Gasteiger partial charge in [-0.15, -0.1) is 0 Å². The third-order valence-corrected chi connectivity index (χ3v) is 3.40. The summed E-state index contributed by atoms with van der Waals surface area (Å²) in [5.74, 6) is 0.738. The number of hydrogen-bond acceptors (Lipinski definition) is 2. The number of pyridine rings is 1. The number of nitrogens with zero attached hydrogens (tertiary/aromatic N) is 1. The highest BCUT2D eigenvalue weighted by Crippen LogP contribution is 2.30. The molecule has 0 saturated carbocycles. The Morgan fingerprint density at radius 2 is 2.00 bits per heavy atom. The molecule has 0 aliphatic heterocycles. The summed E-state index contributed by atoms with van der Waals surface area (Å²) in [4.78, 5) is 4.21. The van der Waals surface area contributed by atoms with Crippen molar-refractivity contribution in [3.8, 4) is 0 Å². The van der Waals surface area contributed by atoms with E-state index < -0.39 is 0 Å². The van der Waals surface area contributed by atoms with Crippen LogP contribution in [-0.2, 0) is 0 Å². The van der Waals surface area contributed by atoms with Crippen molar-refractivity contribution in [1.29, 1.82) is 0 Å². The van der Waals surface area contributed by atoms with Crippen LogP contribution in [0.3, 0.4) is 0 Å². The monoisotopic (exact) mass is 360 g/mol. The van der Waals surface area contributed by atoms with Crippen molar-refractivity contribution in [2.45, 2.75) is 0 Å². The van der Waals surface area contributed by atoms with E-state index in [0.717, 1.165) is 20.5 Å². The van der Waals surface area contributed by atoms with Crippen molar-refractivity contribution in [3.63, 3.8) is 0 Å². The maximum atomic E-state index is 6.07. The van der Waals surface area contributed by atoms with Gasteiger partial charge >= 0.3 is 0 Å². The molecule has 0 fully saturated rings. The minimum Gasteiger partial charge on any atom is -0.338 e. The van der Waals surface area contributed by atoms with E-state index in [9.17, 15) is 0 Å². The molecule has 0 radical (unpaired) electrons. The quantitative estimate of drug-likeness (QED) is 0.813. The van der Waals surface area contributed by atoms with Gasteiger partial charge in [-0.05, 0) is 46.3 Å². The van der Waals surface area contributed by atoms with Crippen LogP contribution in [0, 0.1) is 0 Å². The first-order valence-electron chi connectivity index (χ1n) is 4.49. The van der Waals surface area contributed by atoms with E-state index in [1.54, 1.807) is 6.20 Å².